The second kappa shape index (κ2) is 7.39. The van der Waals surface area contributed by atoms with E-state index in [9.17, 15) is 9.18 Å². The molecule has 0 bridgehead atoms. The van der Waals surface area contributed by atoms with E-state index in [0.29, 0.717) is 18.0 Å². The largest absolute Gasteiger partial charge is 0.314 e. The third-order valence-corrected chi connectivity index (χ3v) is 3.81. The van der Waals surface area contributed by atoms with Crippen molar-refractivity contribution in [2.45, 2.75) is 51.0 Å². The highest BCUT2D eigenvalue weighted by Crippen LogP contribution is 2.17. The molecule has 19 heavy (non-hydrogen) atoms. The Morgan fingerprint density at radius 2 is 1.74 bits per heavy atom. The van der Waals surface area contributed by atoms with E-state index in [1.807, 2.05) is 0 Å². The van der Waals surface area contributed by atoms with Crippen LogP contribution in [0.4, 0.5) is 4.39 Å². The van der Waals surface area contributed by atoms with Gasteiger partial charge in [-0.2, -0.15) is 0 Å². The van der Waals surface area contributed by atoms with Gasteiger partial charge in [-0.15, -0.1) is 0 Å². The average Bonchev–Trinajstić information content (AvgIpc) is 2.68. The van der Waals surface area contributed by atoms with Crippen molar-refractivity contribution in [2.75, 3.05) is 6.54 Å². The minimum atomic E-state index is -0.298. The number of carbonyl (C=O) groups is 1. The highest BCUT2D eigenvalue weighted by Gasteiger charge is 2.12. The summed E-state index contributed by atoms with van der Waals surface area (Å²) in [6.45, 7) is 0.723. The van der Waals surface area contributed by atoms with E-state index in [2.05, 4.69) is 5.32 Å². The lowest BCUT2D eigenvalue weighted by Gasteiger charge is -2.15. The standard InChI is InChI=1S/C16H22FNO/c17-14-9-7-13(8-10-14)16(19)11-12-18-15-5-3-1-2-4-6-15/h7-10,15,18H,1-6,11-12H2. The smallest absolute Gasteiger partial charge is 0.164 e. The SMILES string of the molecule is O=C(CCNC1CCCCCC1)c1ccc(F)cc1. The molecule has 1 saturated carbocycles. The number of benzene rings is 1. The summed E-state index contributed by atoms with van der Waals surface area (Å²) in [5, 5.41) is 3.48. The molecule has 1 aliphatic carbocycles. The van der Waals surface area contributed by atoms with Crippen LogP contribution >= 0.6 is 0 Å². The zero-order valence-corrected chi connectivity index (χ0v) is 11.3. The highest BCUT2D eigenvalue weighted by atomic mass is 19.1. The maximum absolute atomic E-state index is 12.8. The number of rotatable bonds is 5. The summed E-state index contributed by atoms with van der Waals surface area (Å²) < 4.78 is 12.8. The molecular formula is C16H22FNO. The maximum atomic E-state index is 12.8. The Morgan fingerprint density at radius 3 is 2.37 bits per heavy atom. The molecule has 0 unspecified atom stereocenters. The number of carbonyl (C=O) groups excluding carboxylic acids is 1. The fourth-order valence-corrected chi connectivity index (χ4v) is 2.65. The highest BCUT2D eigenvalue weighted by molar-refractivity contribution is 5.96. The first-order valence-corrected chi connectivity index (χ1v) is 7.28. The van der Waals surface area contributed by atoms with Crippen LogP contribution in [0.3, 0.4) is 0 Å². The van der Waals surface area contributed by atoms with Gasteiger partial charge in [0.25, 0.3) is 0 Å². The fourth-order valence-electron chi connectivity index (χ4n) is 2.65. The Morgan fingerprint density at radius 1 is 1.11 bits per heavy atom. The van der Waals surface area contributed by atoms with Gasteiger partial charge in [0.1, 0.15) is 5.82 Å². The number of hydrogen-bond acceptors (Lipinski definition) is 2. The molecule has 104 valence electrons. The van der Waals surface area contributed by atoms with Gasteiger partial charge in [-0.05, 0) is 37.1 Å². The van der Waals surface area contributed by atoms with Crippen LogP contribution < -0.4 is 5.32 Å². The lowest BCUT2D eigenvalue weighted by atomic mass is 10.1. The van der Waals surface area contributed by atoms with E-state index in [-0.39, 0.29) is 11.6 Å². The molecule has 2 rings (SSSR count). The van der Waals surface area contributed by atoms with Gasteiger partial charge in [0.2, 0.25) is 0 Å². The second-order valence-corrected chi connectivity index (χ2v) is 5.32. The van der Waals surface area contributed by atoms with Crippen LogP contribution in [0.5, 0.6) is 0 Å². The second-order valence-electron chi connectivity index (χ2n) is 5.32. The molecule has 1 aromatic rings. The van der Waals surface area contributed by atoms with E-state index >= 15 is 0 Å². The number of halogens is 1. The van der Waals surface area contributed by atoms with Crippen LogP contribution in [0.15, 0.2) is 24.3 Å². The molecule has 1 N–H and O–H groups in total. The van der Waals surface area contributed by atoms with Gasteiger partial charge in [-0.25, -0.2) is 4.39 Å². The molecule has 0 aliphatic heterocycles. The molecule has 0 aromatic heterocycles. The first-order valence-electron chi connectivity index (χ1n) is 7.28. The topological polar surface area (TPSA) is 29.1 Å². The predicted octanol–water partition coefficient (Wildman–Crippen LogP) is 3.71. The van der Waals surface area contributed by atoms with Crippen molar-refractivity contribution in [2.24, 2.45) is 0 Å². The molecule has 1 fully saturated rings. The molecule has 0 heterocycles. The fraction of sp³-hybridized carbons (Fsp3) is 0.562. The van der Waals surface area contributed by atoms with Crippen LogP contribution in [0.25, 0.3) is 0 Å². The Bertz CT molecular complexity index is 394. The molecule has 0 saturated heterocycles. The molecule has 0 amide bonds. The van der Waals surface area contributed by atoms with E-state index < -0.39 is 0 Å². The molecule has 0 spiro atoms. The van der Waals surface area contributed by atoms with Crippen LogP contribution in [-0.4, -0.2) is 18.4 Å². The summed E-state index contributed by atoms with van der Waals surface area (Å²) in [5.41, 5.74) is 0.601. The third kappa shape index (κ3) is 4.75. The van der Waals surface area contributed by atoms with Gasteiger partial charge in [0, 0.05) is 24.6 Å². The summed E-state index contributed by atoms with van der Waals surface area (Å²) in [7, 11) is 0. The minimum absolute atomic E-state index is 0.0844. The third-order valence-electron chi connectivity index (χ3n) is 3.81. The average molecular weight is 263 g/mol. The van der Waals surface area contributed by atoms with Gasteiger partial charge in [-0.1, -0.05) is 25.7 Å². The van der Waals surface area contributed by atoms with E-state index in [0.717, 1.165) is 6.54 Å². The van der Waals surface area contributed by atoms with Crippen molar-refractivity contribution < 1.29 is 9.18 Å². The van der Waals surface area contributed by atoms with Gasteiger partial charge < -0.3 is 5.32 Å². The normalized spacial score (nSPS) is 17.1. The van der Waals surface area contributed by atoms with Crippen molar-refractivity contribution in [3.8, 4) is 0 Å². The van der Waals surface area contributed by atoms with E-state index in [4.69, 9.17) is 0 Å². The van der Waals surface area contributed by atoms with Crippen LogP contribution in [-0.2, 0) is 0 Å². The van der Waals surface area contributed by atoms with Crippen molar-refractivity contribution in [1.29, 1.82) is 0 Å². The zero-order valence-electron chi connectivity index (χ0n) is 11.3. The Balaban J connectivity index is 1.72. The number of nitrogens with one attached hydrogen (secondary N) is 1. The quantitative estimate of drug-likeness (QED) is 0.648. The molecule has 1 aliphatic rings. The first kappa shape index (κ1) is 14.2. The zero-order chi connectivity index (χ0) is 13.5. The molecule has 3 heteroatoms. The number of ketones is 1. The van der Waals surface area contributed by atoms with Crippen molar-refractivity contribution in [3.63, 3.8) is 0 Å². The summed E-state index contributed by atoms with van der Waals surface area (Å²) in [4.78, 5) is 11.9. The summed E-state index contributed by atoms with van der Waals surface area (Å²) in [6, 6.07) is 6.37. The predicted molar refractivity (Wildman–Crippen MR) is 74.8 cm³/mol. The summed E-state index contributed by atoms with van der Waals surface area (Å²) in [6.07, 6.45) is 8.21. The van der Waals surface area contributed by atoms with Crippen molar-refractivity contribution in [3.05, 3.63) is 35.6 Å². The molecule has 2 nitrogen and oxygen atoms in total. The minimum Gasteiger partial charge on any atom is -0.314 e. The molecule has 0 atom stereocenters. The molecule has 0 radical (unpaired) electrons. The Labute approximate surface area is 114 Å². The van der Waals surface area contributed by atoms with Crippen molar-refractivity contribution in [1.82, 2.24) is 5.32 Å². The van der Waals surface area contributed by atoms with Gasteiger partial charge in [0.15, 0.2) is 5.78 Å². The van der Waals surface area contributed by atoms with Crippen LogP contribution in [0.1, 0.15) is 55.3 Å². The van der Waals surface area contributed by atoms with Crippen LogP contribution in [0.2, 0.25) is 0 Å². The molecular weight excluding hydrogens is 241 g/mol. The number of hydrogen-bond donors (Lipinski definition) is 1. The van der Waals surface area contributed by atoms with Crippen molar-refractivity contribution >= 4 is 5.78 Å². The molecule has 1 aromatic carbocycles. The number of Topliss-reactive ketones (excluding diaryl/α,β-unsaturated/α-hetero) is 1. The Hall–Kier alpha value is -1.22. The van der Waals surface area contributed by atoms with Gasteiger partial charge >= 0.3 is 0 Å². The lowest BCUT2D eigenvalue weighted by Crippen LogP contribution is -2.30. The van der Waals surface area contributed by atoms with Gasteiger partial charge in [0.05, 0.1) is 0 Å². The van der Waals surface area contributed by atoms with E-state index in [1.54, 1.807) is 12.1 Å². The summed E-state index contributed by atoms with van der Waals surface area (Å²) >= 11 is 0. The van der Waals surface area contributed by atoms with E-state index in [1.165, 1.54) is 50.7 Å². The summed E-state index contributed by atoms with van der Waals surface area (Å²) in [5.74, 6) is -0.214. The first-order chi connectivity index (χ1) is 9.25. The lowest BCUT2D eigenvalue weighted by molar-refractivity contribution is 0.0981. The van der Waals surface area contributed by atoms with Gasteiger partial charge in [-0.3, -0.25) is 4.79 Å². The Kier molecular flexibility index (Phi) is 5.52. The van der Waals surface area contributed by atoms with Crippen LogP contribution in [0, 0.1) is 5.82 Å². The monoisotopic (exact) mass is 263 g/mol. The maximum Gasteiger partial charge on any atom is 0.164 e.